The van der Waals surface area contributed by atoms with Gasteiger partial charge in [0.25, 0.3) is 5.56 Å². The first-order chi connectivity index (χ1) is 14.3. The third kappa shape index (κ3) is 3.59. The van der Waals surface area contributed by atoms with E-state index in [0.29, 0.717) is 52.1 Å². The standard InChI is InChI=1S/C19H20Cl2N6O3/c1-25-15-16(24-18(25)23-11-4-6-14(28)22-8-11)26(2)19(30)27(17(15)29)9-10-3-5-12(20)13(21)7-10/h3,5,7,11H,4,6,8-9H2,1-2H3,(H,22,28)(H,23,24). The predicted molar refractivity (Wildman–Crippen MR) is 115 cm³/mol. The lowest BCUT2D eigenvalue weighted by molar-refractivity contribution is -0.122. The highest BCUT2D eigenvalue weighted by Gasteiger charge is 2.23. The van der Waals surface area contributed by atoms with Gasteiger partial charge in [0.2, 0.25) is 11.9 Å². The molecule has 0 bridgehead atoms. The van der Waals surface area contributed by atoms with Gasteiger partial charge in [-0.3, -0.25) is 18.7 Å². The Morgan fingerprint density at radius 3 is 2.60 bits per heavy atom. The Hall–Kier alpha value is -2.78. The number of anilines is 1. The van der Waals surface area contributed by atoms with Gasteiger partial charge in [-0.2, -0.15) is 4.98 Å². The molecule has 1 amide bonds. The van der Waals surface area contributed by atoms with Crippen LogP contribution in [0.5, 0.6) is 0 Å². The molecule has 1 atom stereocenters. The molecule has 0 saturated carbocycles. The number of amides is 1. The molecule has 11 heteroatoms. The molecule has 1 unspecified atom stereocenters. The number of nitrogens with zero attached hydrogens (tertiary/aromatic N) is 4. The number of hydrogen-bond acceptors (Lipinski definition) is 5. The third-order valence-electron chi connectivity index (χ3n) is 5.28. The van der Waals surface area contributed by atoms with Crippen LogP contribution in [0, 0.1) is 0 Å². The molecule has 1 aromatic carbocycles. The van der Waals surface area contributed by atoms with Crippen LogP contribution >= 0.6 is 23.2 Å². The van der Waals surface area contributed by atoms with Crippen LogP contribution in [0.25, 0.3) is 11.2 Å². The molecule has 9 nitrogen and oxygen atoms in total. The van der Waals surface area contributed by atoms with Gasteiger partial charge in [0.15, 0.2) is 11.2 Å². The molecule has 4 rings (SSSR count). The second kappa shape index (κ2) is 7.81. The maximum atomic E-state index is 13.2. The van der Waals surface area contributed by atoms with Crippen molar-refractivity contribution in [3.63, 3.8) is 0 Å². The molecule has 3 aromatic rings. The first kappa shape index (κ1) is 20.5. The molecule has 2 N–H and O–H groups in total. The lowest BCUT2D eigenvalue weighted by Crippen LogP contribution is -2.42. The molecule has 1 aliphatic rings. The molecule has 1 saturated heterocycles. The minimum atomic E-state index is -0.479. The summed E-state index contributed by atoms with van der Waals surface area (Å²) in [6, 6.07) is 4.97. The average Bonchev–Trinajstić information content (AvgIpc) is 3.04. The number of piperidine rings is 1. The van der Waals surface area contributed by atoms with Crippen molar-refractivity contribution in [2.75, 3.05) is 11.9 Å². The number of rotatable bonds is 4. The van der Waals surface area contributed by atoms with Crippen LogP contribution in [0.2, 0.25) is 10.0 Å². The second-order valence-electron chi connectivity index (χ2n) is 7.33. The van der Waals surface area contributed by atoms with Gasteiger partial charge in [0.05, 0.1) is 16.6 Å². The number of halogens is 2. The van der Waals surface area contributed by atoms with E-state index in [2.05, 4.69) is 15.6 Å². The van der Waals surface area contributed by atoms with Crippen LogP contribution in [-0.4, -0.2) is 37.2 Å². The Labute approximate surface area is 181 Å². The molecule has 158 valence electrons. The molecule has 2 aromatic heterocycles. The number of fused-ring (bicyclic) bond motifs is 1. The Morgan fingerprint density at radius 2 is 1.93 bits per heavy atom. The molecular formula is C19H20Cl2N6O3. The van der Waals surface area contributed by atoms with Crippen LogP contribution in [-0.2, 0) is 25.4 Å². The first-order valence-corrected chi connectivity index (χ1v) is 10.1. The lowest BCUT2D eigenvalue weighted by atomic mass is 10.1. The van der Waals surface area contributed by atoms with E-state index in [0.717, 1.165) is 4.57 Å². The van der Waals surface area contributed by atoms with Crippen molar-refractivity contribution >= 4 is 46.2 Å². The fraction of sp³-hybridized carbons (Fsp3) is 0.368. The second-order valence-corrected chi connectivity index (χ2v) is 8.15. The Balaban J connectivity index is 1.75. The zero-order valence-electron chi connectivity index (χ0n) is 16.4. The predicted octanol–water partition coefficient (Wildman–Crippen LogP) is 1.48. The quantitative estimate of drug-likeness (QED) is 0.626. The highest BCUT2D eigenvalue weighted by molar-refractivity contribution is 6.42. The number of nitrogens with one attached hydrogen (secondary N) is 2. The van der Waals surface area contributed by atoms with Crippen molar-refractivity contribution in [3.8, 4) is 0 Å². The number of aryl methyl sites for hydroxylation is 2. The highest BCUT2D eigenvalue weighted by Crippen LogP contribution is 2.23. The van der Waals surface area contributed by atoms with Crippen molar-refractivity contribution in [2.24, 2.45) is 14.1 Å². The maximum Gasteiger partial charge on any atom is 0.332 e. The molecule has 0 aliphatic carbocycles. The SMILES string of the molecule is Cn1c(NC2CCC(=O)NC2)nc2c1c(=O)n(Cc1ccc(Cl)c(Cl)c1)c(=O)n2C. The third-order valence-corrected chi connectivity index (χ3v) is 6.02. The van der Waals surface area contributed by atoms with Gasteiger partial charge >= 0.3 is 5.69 Å². The number of carbonyl (C=O) groups excluding carboxylic acids is 1. The van der Waals surface area contributed by atoms with Crippen LogP contribution < -0.4 is 21.9 Å². The van der Waals surface area contributed by atoms with Crippen LogP contribution in [0.3, 0.4) is 0 Å². The Bertz CT molecular complexity index is 1270. The van der Waals surface area contributed by atoms with Gasteiger partial charge in [-0.05, 0) is 24.1 Å². The fourth-order valence-electron chi connectivity index (χ4n) is 3.57. The number of imidazole rings is 1. The van der Waals surface area contributed by atoms with Crippen LogP contribution in [0.4, 0.5) is 5.95 Å². The van der Waals surface area contributed by atoms with E-state index < -0.39 is 11.2 Å². The molecule has 3 heterocycles. The number of hydrogen-bond donors (Lipinski definition) is 2. The van der Waals surface area contributed by atoms with E-state index in [9.17, 15) is 14.4 Å². The summed E-state index contributed by atoms with van der Waals surface area (Å²) in [5.74, 6) is 0.483. The van der Waals surface area contributed by atoms with E-state index in [1.165, 1.54) is 4.57 Å². The molecule has 1 fully saturated rings. The van der Waals surface area contributed by atoms with Crippen molar-refractivity contribution in [2.45, 2.75) is 25.4 Å². The molecular weight excluding hydrogens is 431 g/mol. The maximum absolute atomic E-state index is 13.2. The van der Waals surface area contributed by atoms with E-state index >= 15 is 0 Å². The van der Waals surface area contributed by atoms with Gasteiger partial charge in [-0.15, -0.1) is 0 Å². The first-order valence-electron chi connectivity index (χ1n) is 9.39. The summed E-state index contributed by atoms with van der Waals surface area (Å²) in [5, 5.41) is 6.81. The molecule has 30 heavy (non-hydrogen) atoms. The lowest BCUT2D eigenvalue weighted by Gasteiger charge is -2.23. The summed E-state index contributed by atoms with van der Waals surface area (Å²) in [6.07, 6.45) is 1.09. The summed E-state index contributed by atoms with van der Waals surface area (Å²) in [6.45, 7) is 0.531. The number of benzene rings is 1. The van der Waals surface area contributed by atoms with E-state index in [4.69, 9.17) is 23.2 Å². The van der Waals surface area contributed by atoms with Crippen molar-refractivity contribution in [1.82, 2.24) is 24.0 Å². The van der Waals surface area contributed by atoms with Crippen molar-refractivity contribution < 1.29 is 4.79 Å². The van der Waals surface area contributed by atoms with Crippen LogP contribution in [0.15, 0.2) is 27.8 Å². The van der Waals surface area contributed by atoms with Gasteiger partial charge in [-0.1, -0.05) is 29.3 Å². The zero-order chi connectivity index (χ0) is 21.6. The molecule has 0 spiro atoms. The smallest absolute Gasteiger partial charge is 0.332 e. The zero-order valence-corrected chi connectivity index (χ0v) is 17.9. The summed E-state index contributed by atoms with van der Waals surface area (Å²) in [7, 11) is 3.29. The average molecular weight is 451 g/mol. The molecule has 0 radical (unpaired) electrons. The number of carbonyl (C=O) groups is 1. The van der Waals surface area contributed by atoms with Gasteiger partial charge in [0, 0.05) is 33.1 Å². The monoisotopic (exact) mass is 450 g/mol. The van der Waals surface area contributed by atoms with Crippen molar-refractivity contribution in [3.05, 3.63) is 54.6 Å². The summed E-state index contributed by atoms with van der Waals surface area (Å²) < 4.78 is 4.13. The summed E-state index contributed by atoms with van der Waals surface area (Å²) >= 11 is 12.0. The normalized spacial score (nSPS) is 16.7. The van der Waals surface area contributed by atoms with Crippen molar-refractivity contribution in [1.29, 1.82) is 0 Å². The Kier molecular flexibility index (Phi) is 5.33. The fourth-order valence-corrected chi connectivity index (χ4v) is 3.89. The summed E-state index contributed by atoms with van der Waals surface area (Å²) in [4.78, 5) is 41.9. The molecule has 1 aliphatic heterocycles. The van der Waals surface area contributed by atoms with Gasteiger partial charge < -0.3 is 15.2 Å². The van der Waals surface area contributed by atoms with E-state index in [1.54, 1.807) is 36.9 Å². The highest BCUT2D eigenvalue weighted by atomic mass is 35.5. The topological polar surface area (TPSA) is 103 Å². The van der Waals surface area contributed by atoms with Crippen LogP contribution in [0.1, 0.15) is 18.4 Å². The van der Waals surface area contributed by atoms with Gasteiger partial charge in [0.1, 0.15) is 0 Å². The number of aromatic nitrogens is 4. The largest absolute Gasteiger partial charge is 0.354 e. The van der Waals surface area contributed by atoms with E-state index in [-0.39, 0.29) is 18.5 Å². The summed E-state index contributed by atoms with van der Waals surface area (Å²) in [5.41, 5.74) is 0.355. The van der Waals surface area contributed by atoms with Gasteiger partial charge in [-0.25, -0.2) is 4.79 Å². The minimum absolute atomic E-state index is 0.00586. The minimum Gasteiger partial charge on any atom is -0.354 e. The Morgan fingerprint density at radius 1 is 1.17 bits per heavy atom. The van der Waals surface area contributed by atoms with E-state index in [1.807, 2.05) is 0 Å².